The smallest absolute Gasteiger partial charge is 0.262 e. The van der Waals surface area contributed by atoms with Crippen LogP contribution in [-0.2, 0) is 11.3 Å². The molecule has 0 atom stereocenters. The van der Waals surface area contributed by atoms with Crippen LogP contribution in [0.1, 0.15) is 41.8 Å². The van der Waals surface area contributed by atoms with Gasteiger partial charge in [-0.25, -0.2) is 4.98 Å². The molecule has 1 aromatic heterocycles. The van der Waals surface area contributed by atoms with E-state index in [1.807, 2.05) is 64.1 Å². The first-order chi connectivity index (χ1) is 14.4. The standard InChI is InChI=1S/C24H28N2O3S/c1-16(2)29-13-7-12-26-23(28)20-8-5-6-9-21(20)25-24(26)30-15-22(27)19-11-10-17(3)14-18(19)4/h5-6,8-11,14,16H,7,12-13,15H2,1-4H3. The van der Waals surface area contributed by atoms with Crippen molar-refractivity contribution in [2.75, 3.05) is 12.4 Å². The quantitative estimate of drug-likeness (QED) is 0.214. The lowest BCUT2D eigenvalue weighted by Gasteiger charge is -2.14. The predicted octanol–water partition coefficient (Wildman–Crippen LogP) is 4.80. The number of hydrogen-bond donors (Lipinski definition) is 0. The van der Waals surface area contributed by atoms with Crippen molar-refractivity contribution >= 4 is 28.4 Å². The second-order valence-electron chi connectivity index (χ2n) is 7.67. The summed E-state index contributed by atoms with van der Waals surface area (Å²) >= 11 is 1.32. The maximum atomic E-state index is 13.1. The molecule has 3 aromatic rings. The number of ketones is 1. The number of nitrogens with zero attached hydrogens (tertiary/aromatic N) is 2. The van der Waals surface area contributed by atoms with Crippen molar-refractivity contribution in [3.05, 3.63) is 69.5 Å². The summed E-state index contributed by atoms with van der Waals surface area (Å²) < 4.78 is 7.29. The number of ether oxygens (including phenoxy) is 1. The maximum Gasteiger partial charge on any atom is 0.262 e. The van der Waals surface area contributed by atoms with Crippen molar-refractivity contribution in [2.24, 2.45) is 0 Å². The fraction of sp³-hybridized carbons (Fsp3) is 0.375. The minimum absolute atomic E-state index is 0.0367. The highest BCUT2D eigenvalue weighted by atomic mass is 32.2. The summed E-state index contributed by atoms with van der Waals surface area (Å²) in [5.41, 5.74) is 3.39. The second kappa shape index (κ2) is 10.0. The highest BCUT2D eigenvalue weighted by Crippen LogP contribution is 2.21. The molecule has 0 aliphatic heterocycles. The van der Waals surface area contributed by atoms with Gasteiger partial charge in [-0.05, 0) is 51.8 Å². The normalized spacial score (nSPS) is 11.4. The Kier molecular flexibility index (Phi) is 7.45. The van der Waals surface area contributed by atoms with E-state index in [-0.39, 0.29) is 23.2 Å². The van der Waals surface area contributed by atoms with Crippen LogP contribution in [0.5, 0.6) is 0 Å². The fourth-order valence-corrected chi connectivity index (χ4v) is 4.24. The van der Waals surface area contributed by atoms with Crippen LogP contribution in [-0.4, -0.2) is 33.8 Å². The number of carbonyl (C=O) groups excluding carboxylic acids is 1. The van der Waals surface area contributed by atoms with Crippen LogP contribution in [0.4, 0.5) is 0 Å². The second-order valence-corrected chi connectivity index (χ2v) is 8.61. The summed E-state index contributed by atoms with van der Waals surface area (Å²) in [6, 6.07) is 13.2. The third kappa shape index (κ3) is 5.37. The number of rotatable bonds is 9. The third-order valence-corrected chi connectivity index (χ3v) is 5.79. The molecule has 6 heteroatoms. The largest absolute Gasteiger partial charge is 0.379 e. The number of aryl methyl sites for hydroxylation is 2. The molecule has 0 unspecified atom stereocenters. The Morgan fingerprint density at radius 1 is 1.17 bits per heavy atom. The van der Waals surface area contributed by atoms with E-state index < -0.39 is 0 Å². The van der Waals surface area contributed by atoms with Gasteiger partial charge >= 0.3 is 0 Å². The average molecular weight is 425 g/mol. The van der Waals surface area contributed by atoms with Gasteiger partial charge in [-0.15, -0.1) is 0 Å². The Hall–Kier alpha value is -2.44. The summed E-state index contributed by atoms with van der Waals surface area (Å²) in [6.45, 7) is 9.01. The summed E-state index contributed by atoms with van der Waals surface area (Å²) in [6.07, 6.45) is 0.858. The molecule has 2 aromatic carbocycles. The topological polar surface area (TPSA) is 61.2 Å². The highest BCUT2D eigenvalue weighted by molar-refractivity contribution is 7.99. The number of benzene rings is 2. The number of aromatic nitrogens is 2. The molecule has 0 spiro atoms. The van der Waals surface area contributed by atoms with Crippen molar-refractivity contribution in [3.63, 3.8) is 0 Å². The monoisotopic (exact) mass is 424 g/mol. The molecule has 3 rings (SSSR count). The van der Waals surface area contributed by atoms with E-state index in [2.05, 4.69) is 4.98 Å². The van der Waals surface area contributed by atoms with Crippen LogP contribution in [0, 0.1) is 13.8 Å². The van der Waals surface area contributed by atoms with Gasteiger partial charge in [-0.2, -0.15) is 0 Å². The molecular formula is C24H28N2O3S. The van der Waals surface area contributed by atoms with E-state index in [4.69, 9.17) is 4.74 Å². The van der Waals surface area contributed by atoms with Gasteiger partial charge in [-0.3, -0.25) is 14.2 Å². The minimum Gasteiger partial charge on any atom is -0.379 e. The Bertz CT molecular complexity index is 1110. The summed E-state index contributed by atoms with van der Waals surface area (Å²) in [4.78, 5) is 30.5. The van der Waals surface area contributed by atoms with Gasteiger partial charge in [0.25, 0.3) is 5.56 Å². The zero-order chi connectivity index (χ0) is 21.7. The summed E-state index contributed by atoms with van der Waals surface area (Å²) in [5, 5.41) is 1.16. The molecule has 0 aliphatic carbocycles. The summed E-state index contributed by atoms with van der Waals surface area (Å²) in [7, 11) is 0. The van der Waals surface area contributed by atoms with Crippen LogP contribution in [0.3, 0.4) is 0 Å². The van der Waals surface area contributed by atoms with Crippen LogP contribution >= 0.6 is 11.8 Å². The molecule has 0 bridgehead atoms. The van der Waals surface area contributed by atoms with E-state index in [0.717, 1.165) is 11.1 Å². The lowest BCUT2D eigenvalue weighted by atomic mass is 10.0. The first-order valence-corrected chi connectivity index (χ1v) is 11.2. The predicted molar refractivity (Wildman–Crippen MR) is 123 cm³/mol. The molecule has 158 valence electrons. The van der Waals surface area contributed by atoms with E-state index in [0.29, 0.717) is 41.2 Å². The Morgan fingerprint density at radius 3 is 2.67 bits per heavy atom. The molecule has 0 fully saturated rings. The molecule has 0 N–H and O–H groups in total. The Balaban J connectivity index is 1.84. The maximum absolute atomic E-state index is 13.1. The number of fused-ring (bicyclic) bond motifs is 1. The Labute approximate surface area is 181 Å². The zero-order valence-electron chi connectivity index (χ0n) is 18.0. The third-order valence-electron chi connectivity index (χ3n) is 4.82. The molecule has 0 saturated heterocycles. The van der Waals surface area contributed by atoms with Crippen molar-refractivity contribution in [2.45, 2.75) is 51.9 Å². The first kappa shape index (κ1) is 22.2. The van der Waals surface area contributed by atoms with E-state index in [9.17, 15) is 9.59 Å². The molecule has 0 radical (unpaired) electrons. The van der Waals surface area contributed by atoms with Gasteiger partial charge in [0.05, 0.1) is 22.8 Å². The molecule has 0 amide bonds. The van der Waals surface area contributed by atoms with Crippen LogP contribution in [0.2, 0.25) is 0 Å². The number of para-hydroxylation sites is 1. The van der Waals surface area contributed by atoms with E-state index >= 15 is 0 Å². The SMILES string of the molecule is Cc1ccc(C(=O)CSc2nc3ccccc3c(=O)n2CCCOC(C)C)c(C)c1. The van der Waals surface area contributed by atoms with Crippen LogP contribution < -0.4 is 5.56 Å². The number of thioether (sulfide) groups is 1. The number of Topliss-reactive ketones (excluding diaryl/α,β-unsaturated/α-hetero) is 1. The van der Waals surface area contributed by atoms with Crippen LogP contribution in [0.15, 0.2) is 52.4 Å². The van der Waals surface area contributed by atoms with E-state index in [1.165, 1.54) is 11.8 Å². The molecular weight excluding hydrogens is 396 g/mol. The van der Waals surface area contributed by atoms with Gasteiger partial charge < -0.3 is 4.74 Å². The van der Waals surface area contributed by atoms with E-state index in [1.54, 1.807) is 10.6 Å². The highest BCUT2D eigenvalue weighted by Gasteiger charge is 2.15. The summed E-state index contributed by atoms with van der Waals surface area (Å²) in [5.74, 6) is 0.270. The lowest BCUT2D eigenvalue weighted by Crippen LogP contribution is -2.24. The lowest BCUT2D eigenvalue weighted by molar-refractivity contribution is 0.0743. The zero-order valence-corrected chi connectivity index (χ0v) is 18.8. The van der Waals surface area contributed by atoms with Crippen molar-refractivity contribution in [1.29, 1.82) is 0 Å². The molecule has 0 saturated carbocycles. The molecule has 1 heterocycles. The average Bonchev–Trinajstić information content (AvgIpc) is 2.70. The fourth-order valence-electron chi connectivity index (χ4n) is 3.33. The van der Waals surface area contributed by atoms with Crippen molar-refractivity contribution in [3.8, 4) is 0 Å². The van der Waals surface area contributed by atoms with Crippen LogP contribution in [0.25, 0.3) is 10.9 Å². The number of hydrogen-bond acceptors (Lipinski definition) is 5. The van der Waals surface area contributed by atoms with Crippen molar-refractivity contribution in [1.82, 2.24) is 9.55 Å². The van der Waals surface area contributed by atoms with Gasteiger partial charge in [0.15, 0.2) is 10.9 Å². The molecule has 30 heavy (non-hydrogen) atoms. The van der Waals surface area contributed by atoms with Gasteiger partial charge in [0.2, 0.25) is 0 Å². The first-order valence-electron chi connectivity index (χ1n) is 10.2. The molecule has 0 aliphatic rings. The van der Waals surface area contributed by atoms with Gasteiger partial charge in [0, 0.05) is 18.7 Å². The Morgan fingerprint density at radius 2 is 1.93 bits per heavy atom. The van der Waals surface area contributed by atoms with Gasteiger partial charge in [0.1, 0.15) is 0 Å². The molecule has 5 nitrogen and oxygen atoms in total. The minimum atomic E-state index is -0.0772. The number of carbonyl (C=O) groups is 1. The van der Waals surface area contributed by atoms with Gasteiger partial charge in [-0.1, -0.05) is 47.7 Å². The van der Waals surface area contributed by atoms with Crippen molar-refractivity contribution < 1.29 is 9.53 Å².